The van der Waals surface area contributed by atoms with Crippen LogP contribution in [-0.2, 0) is 6.54 Å². The molecule has 0 fully saturated rings. The van der Waals surface area contributed by atoms with E-state index in [2.05, 4.69) is 29.6 Å². The van der Waals surface area contributed by atoms with Crippen molar-refractivity contribution in [2.24, 2.45) is 0 Å². The zero-order valence-electron chi connectivity index (χ0n) is 12.9. The van der Waals surface area contributed by atoms with Crippen molar-refractivity contribution in [2.45, 2.75) is 20.4 Å². The predicted molar refractivity (Wildman–Crippen MR) is 91.0 cm³/mol. The maximum Gasteiger partial charge on any atom is 0.251 e. The molecule has 0 saturated heterocycles. The van der Waals surface area contributed by atoms with Gasteiger partial charge >= 0.3 is 0 Å². The summed E-state index contributed by atoms with van der Waals surface area (Å²) >= 11 is 0. The highest BCUT2D eigenvalue weighted by atomic mass is 16.1. The third-order valence-electron chi connectivity index (χ3n) is 4.17. The second-order valence-electron chi connectivity index (χ2n) is 5.57. The molecular formula is C20H19NO. The second kappa shape index (κ2) is 6.02. The van der Waals surface area contributed by atoms with Crippen molar-refractivity contribution < 1.29 is 4.79 Å². The largest absolute Gasteiger partial charge is 0.348 e. The number of carbonyl (C=O) groups is 1. The van der Waals surface area contributed by atoms with Crippen LogP contribution in [0.1, 0.15) is 27.0 Å². The van der Waals surface area contributed by atoms with Gasteiger partial charge in [0, 0.05) is 12.1 Å². The molecule has 0 aliphatic heterocycles. The minimum atomic E-state index is -0.0193. The van der Waals surface area contributed by atoms with Crippen LogP contribution in [0.2, 0.25) is 0 Å². The van der Waals surface area contributed by atoms with Crippen molar-refractivity contribution in [2.75, 3.05) is 0 Å². The first kappa shape index (κ1) is 14.3. The standard InChI is InChI=1S/C20H19NO/c1-14-7-5-12-18(15(14)2)20(22)21-13-17-10-6-9-16-8-3-4-11-19(16)17/h3-12H,13H2,1-2H3,(H,21,22). The fourth-order valence-electron chi connectivity index (χ4n) is 2.71. The van der Waals surface area contributed by atoms with Crippen molar-refractivity contribution in [3.8, 4) is 0 Å². The zero-order valence-corrected chi connectivity index (χ0v) is 12.9. The molecule has 3 rings (SSSR count). The van der Waals surface area contributed by atoms with Gasteiger partial charge in [0.15, 0.2) is 0 Å². The van der Waals surface area contributed by atoms with E-state index in [1.807, 2.05) is 50.2 Å². The van der Waals surface area contributed by atoms with Crippen molar-refractivity contribution >= 4 is 16.7 Å². The molecule has 0 bridgehead atoms. The molecule has 0 aliphatic carbocycles. The monoisotopic (exact) mass is 289 g/mol. The Balaban J connectivity index is 1.82. The first-order valence-corrected chi connectivity index (χ1v) is 7.48. The van der Waals surface area contributed by atoms with Gasteiger partial charge in [0.1, 0.15) is 0 Å². The van der Waals surface area contributed by atoms with Gasteiger partial charge in [-0.3, -0.25) is 4.79 Å². The Kier molecular flexibility index (Phi) is 3.92. The van der Waals surface area contributed by atoms with Crippen molar-refractivity contribution in [3.63, 3.8) is 0 Å². The summed E-state index contributed by atoms with van der Waals surface area (Å²) in [6.07, 6.45) is 0. The summed E-state index contributed by atoms with van der Waals surface area (Å²) in [6, 6.07) is 20.2. The van der Waals surface area contributed by atoms with Crippen LogP contribution in [-0.4, -0.2) is 5.91 Å². The summed E-state index contributed by atoms with van der Waals surface area (Å²) in [5.74, 6) is -0.0193. The van der Waals surface area contributed by atoms with Crippen LogP contribution in [0.25, 0.3) is 10.8 Å². The van der Waals surface area contributed by atoms with Crippen LogP contribution in [0.4, 0.5) is 0 Å². The van der Waals surface area contributed by atoms with Gasteiger partial charge in [-0.15, -0.1) is 0 Å². The molecule has 110 valence electrons. The molecule has 0 saturated carbocycles. The lowest BCUT2D eigenvalue weighted by Gasteiger charge is -2.11. The molecule has 3 aromatic carbocycles. The molecule has 2 heteroatoms. The number of carbonyl (C=O) groups excluding carboxylic acids is 1. The van der Waals surface area contributed by atoms with E-state index >= 15 is 0 Å². The van der Waals surface area contributed by atoms with Crippen LogP contribution >= 0.6 is 0 Å². The lowest BCUT2D eigenvalue weighted by molar-refractivity contribution is 0.0950. The molecule has 0 unspecified atom stereocenters. The summed E-state index contributed by atoms with van der Waals surface area (Å²) in [6.45, 7) is 4.55. The summed E-state index contributed by atoms with van der Waals surface area (Å²) in [7, 11) is 0. The Bertz CT molecular complexity index is 831. The van der Waals surface area contributed by atoms with Crippen LogP contribution in [0.3, 0.4) is 0 Å². The van der Waals surface area contributed by atoms with Crippen molar-refractivity contribution in [1.29, 1.82) is 0 Å². The topological polar surface area (TPSA) is 29.1 Å². The molecule has 1 amide bonds. The number of benzene rings is 3. The molecule has 22 heavy (non-hydrogen) atoms. The van der Waals surface area contributed by atoms with Gasteiger partial charge in [-0.1, -0.05) is 54.6 Å². The van der Waals surface area contributed by atoms with E-state index < -0.39 is 0 Å². The number of amides is 1. The van der Waals surface area contributed by atoms with Gasteiger partial charge in [-0.05, 0) is 47.4 Å². The zero-order chi connectivity index (χ0) is 15.5. The summed E-state index contributed by atoms with van der Waals surface area (Å²) < 4.78 is 0. The number of hydrogen-bond acceptors (Lipinski definition) is 1. The smallest absolute Gasteiger partial charge is 0.251 e. The number of aryl methyl sites for hydroxylation is 1. The van der Waals surface area contributed by atoms with Crippen LogP contribution in [0, 0.1) is 13.8 Å². The first-order chi connectivity index (χ1) is 10.7. The number of fused-ring (bicyclic) bond motifs is 1. The summed E-state index contributed by atoms with van der Waals surface area (Å²) in [5, 5.41) is 5.42. The van der Waals surface area contributed by atoms with E-state index in [0.717, 1.165) is 22.3 Å². The fraction of sp³-hybridized carbons (Fsp3) is 0.150. The normalized spacial score (nSPS) is 10.6. The van der Waals surface area contributed by atoms with Gasteiger partial charge in [-0.25, -0.2) is 0 Å². The van der Waals surface area contributed by atoms with E-state index in [4.69, 9.17) is 0 Å². The van der Waals surface area contributed by atoms with E-state index in [-0.39, 0.29) is 5.91 Å². The summed E-state index contributed by atoms with van der Waals surface area (Å²) in [5.41, 5.74) is 4.06. The molecule has 0 heterocycles. The lowest BCUT2D eigenvalue weighted by Crippen LogP contribution is -2.23. The lowest BCUT2D eigenvalue weighted by atomic mass is 10.0. The Hall–Kier alpha value is -2.61. The fourth-order valence-corrected chi connectivity index (χ4v) is 2.71. The Morgan fingerprint density at radius 3 is 2.50 bits per heavy atom. The quantitative estimate of drug-likeness (QED) is 0.761. The summed E-state index contributed by atoms with van der Waals surface area (Å²) in [4.78, 5) is 12.4. The molecule has 0 aliphatic rings. The van der Waals surface area contributed by atoms with E-state index in [1.54, 1.807) is 0 Å². The van der Waals surface area contributed by atoms with Gasteiger partial charge < -0.3 is 5.32 Å². The molecule has 1 N–H and O–H groups in total. The van der Waals surface area contributed by atoms with Crippen molar-refractivity contribution in [1.82, 2.24) is 5.32 Å². The Morgan fingerprint density at radius 2 is 1.64 bits per heavy atom. The van der Waals surface area contributed by atoms with Crippen molar-refractivity contribution in [3.05, 3.63) is 82.9 Å². The minimum absolute atomic E-state index is 0.0193. The van der Waals surface area contributed by atoms with Crippen LogP contribution in [0.5, 0.6) is 0 Å². The average molecular weight is 289 g/mol. The second-order valence-corrected chi connectivity index (χ2v) is 5.57. The Morgan fingerprint density at radius 1 is 0.909 bits per heavy atom. The average Bonchev–Trinajstić information content (AvgIpc) is 2.55. The van der Waals surface area contributed by atoms with E-state index in [1.165, 1.54) is 10.8 Å². The van der Waals surface area contributed by atoms with Gasteiger partial charge in [0.2, 0.25) is 0 Å². The first-order valence-electron chi connectivity index (χ1n) is 7.48. The molecule has 2 nitrogen and oxygen atoms in total. The maximum atomic E-state index is 12.4. The molecule has 0 atom stereocenters. The molecular weight excluding hydrogens is 270 g/mol. The SMILES string of the molecule is Cc1cccc(C(=O)NCc2cccc3ccccc23)c1C. The number of nitrogens with one attached hydrogen (secondary N) is 1. The van der Waals surface area contributed by atoms with Gasteiger partial charge in [0.05, 0.1) is 0 Å². The molecule has 0 aromatic heterocycles. The highest BCUT2D eigenvalue weighted by Crippen LogP contribution is 2.19. The van der Waals surface area contributed by atoms with E-state index in [0.29, 0.717) is 6.54 Å². The third-order valence-corrected chi connectivity index (χ3v) is 4.17. The maximum absolute atomic E-state index is 12.4. The highest BCUT2D eigenvalue weighted by molar-refractivity contribution is 5.96. The van der Waals surface area contributed by atoms with Crippen LogP contribution in [0.15, 0.2) is 60.7 Å². The van der Waals surface area contributed by atoms with Crippen LogP contribution < -0.4 is 5.32 Å². The minimum Gasteiger partial charge on any atom is -0.348 e. The predicted octanol–water partition coefficient (Wildman–Crippen LogP) is 4.39. The third kappa shape index (κ3) is 2.73. The number of hydrogen-bond donors (Lipinski definition) is 1. The molecule has 0 radical (unpaired) electrons. The number of rotatable bonds is 3. The Labute approximate surface area is 130 Å². The van der Waals surface area contributed by atoms with E-state index in [9.17, 15) is 4.79 Å². The van der Waals surface area contributed by atoms with Gasteiger partial charge in [0.25, 0.3) is 5.91 Å². The van der Waals surface area contributed by atoms with Gasteiger partial charge in [-0.2, -0.15) is 0 Å². The molecule has 0 spiro atoms. The molecule has 3 aromatic rings. The highest BCUT2D eigenvalue weighted by Gasteiger charge is 2.10.